The molecule has 11 heteroatoms. The number of alkyl halides is 5. The molecule has 0 radical (unpaired) electrons. The van der Waals surface area contributed by atoms with Crippen molar-refractivity contribution in [3.05, 3.63) is 76.1 Å². The molecule has 0 fully saturated rings. The van der Waals surface area contributed by atoms with Crippen LogP contribution in [0.3, 0.4) is 0 Å². The lowest BCUT2D eigenvalue weighted by atomic mass is 9.95. The Hall–Kier alpha value is -3.50. The summed E-state index contributed by atoms with van der Waals surface area (Å²) in [5, 5.41) is 2.34. The molecular formula is C28H32F7N3O. The molecule has 0 aromatic heterocycles. The van der Waals surface area contributed by atoms with Gasteiger partial charge >= 0.3 is 6.18 Å². The number of rotatable bonds is 6. The zero-order valence-electron chi connectivity index (χ0n) is 22.3. The molecular weight excluding hydrogens is 527 g/mol. The van der Waals surface area contributed by atoms with Crippen molar-refractivity contribution in [2.45, 2.75) is 65.6 Å². The standard InChI is InChI=1S/C23H19F6N3O.C3H7F.C2H6/c1-13-3-4-14(10-19(13)24)18(23(27,28)29)11-20(25)15-5-6-16(12-33)17(9-15)21(26)32-22-30-7-2-8-31-22;1-3(2)4;1-2/h3-7,9-12,18,21H,2,8H2,1H3,(H,31,32);3H,1-2H3;1-2H3/b20-11-;;. The number of carbonyl (C=O) groups excluding carboxylic acids is 1. The minimum Gasteiger partial charge on any atom is -0.321 e. The van der Waals surface area contributed by atoms with Crippen LogP contribution in [0.2, 0.25) is 0 Å². The highest BCUT2D eigenvalue weighted by atomic mass is 19.4. The molecule has 1 heterocycles. The van der Waals surface area contributed by atoms with Gasteiger partial charge in [0.15, 0.2) is 12.6 Å². The summed E-state index contributed by atoms with van der Waals surface area (Å²) in [5.74, 6) is -4.62. The van der Waals surface area contributed by atoms with Gasteiger partial charge in [-0.25, -0.2) is 22.6 Å². The van der Waals surface area contributed by atoms with E-state index in [9.17, 15) is 35.5 Å². The molecule has 0 bridgehead atoms. The Bertz CT molecular complexity index is 1170. The number of nitrogens with zero attached hydrogens (tertiary/aromatic N) is 2. The summed E-state index contributed by atoms with van der Waals surface area (Å²) in [5.41, 5.74) is -1.13. The summed E-state index contributed by atoms with van der Waals surface area (Å²) in [4.78, 5) is 19.1. The van der Waals surface area contributed by atoms with E-state index in [-0.39, 0.29) is 28.2 Å². The second-order valence-electron chi connectivity index (χ2n) is 8.33. The van der Waals surface area contributed by atoms with Crippen LogP contribution in [0.1, 0.15) is 78.9 Å². The average molecular weight is 560 g/mol. The lowest BCUT2D eigenvalue weighted by Crippen LogP contribution is -2.27. The third-order valence-corrected chi connectivity index (χ3v) is 4.97. The molecule has 2 atom stereocenters. The molecule has 1 N–H and O–H groups in total. The number of allylic oxidation sites excluding steroid dienone is 1. The van der Waals surface area contributed by atoms with Crippen LogP contribution in [0.15, 0.2) is 52.5 Å². The molecule has 214 valence electrons. The van der Waals surface area contributed by atoms with Gasteiger partial charge in [0.1, 0.15) is 17.6 Å². The molecule has 2 aromatic rings. The first-order valence-corrected chi connectivity index (χ1v) is 12.2. The van der Waals surface area contributed by atoms with Crippen LogP contribution in [0, 0.1) is 12.7 Å². The average Bonchev–Trinajstić information content (AvgIpc) is 2.89. The molecule has 4 nitrogen and oxygen atoms in total. The van der Waals surface area contributed by atoms with Crippen LogP contribution in [-0.2, 0) is 0 Å². The van der Waals surface area contributed by atoms with E-state index in [0.717, 1.165) is 24.3 Å². The minimum absolute atomic E-state index is 0.0226. The third-order valence-electron chi connectivity index (χ3n) is 4.97. The monoisotopic (exact) mass is 559 g/mol. The molecule has 0 amide bonds. The Morgan fingerprint density at radius 3 is 2.23 bits per heavy atom. The highest BCUT2D eigenvalue weighted by Crippen LogP contribution is 2.39. The van der Waals surface area contributed by atoms with Crippen LogP contribution < -0.4 is 5.32 Å². The molecule has 0 spiro atoms. The maximum Gasteiger partial charge on any atom is 0.399 e. The van der Waals surface area contributed by atoms with Crippen LogP contribution in [0.5, 0.6) is 0 Å². The fourth-order valence-electron chi connectivity index (χ4n) is 3.17. The van der Waals surface area contributed by atoms with Crippen LogP contribution >= 0.6 is 0 Å². The largest absolute Gasteiger partial charge is 0.399 e. The molecule has 3 rings (SSSR count). The first kappa shape index (κ1) is 33.5. The van der Waals surface area contributed by atoms with Crippen molar-refractivity contribution < 1.29 is 35.5 Å². The normalized spacial score (nSPS) is 14.8. The zero-order valence-corrected chi connectivity index (χ0v) is 22.3. The SMILES string of the molecule is CC.CC(C)F.Cc1ccc(C(/C=C(\F)c2ccc(C=O)c(C(F)NC3=NCCC=N3)c2)C(F)(F)F)cc1F. The van der Waals surface area contributed by atoms with Crippen LogP contribution in [-0.4, -0.2) is 37.4 Å². The number of benzene rings is 2. The van der Waals surface area contributed by atoms with Crippen molar-refractivity contribution in [2.24, 2.45) is 9.98 Å². The Labute approximate surface area is 223 Å². The topological polar surface area (TPSA) is 53.8 Å². The molecule has 39 heavy (non-hydrogen) atoms. The second-order valence-corrected chi connectivity index (χ2v) is 8.33. The van der Waals surface area contributed by atoms with Crippen molar-refractivity contribution in [2.75, 3.05) is 6.54 Å². The second kappa shape index (κ2) is 15.8. The van der Waals surface area contributed by atoms with E-state index < -0.39 is 41.8 Å². The van der Waals surface area contributed by atoms with Crippen LogP contribution in [0.4, 0.5) is 30.7 Å². The van der Waals surface area contributed by atoms with Crippen molar-refractivity contribution in [3.63, 3.8) is 0 Å². The van der Waals surface area contributed by atoms with Gasteiger partial charge in [0, 0.05) is 35.9 Å². The third kappa shape index (κ3) is 10.6. The molecule has 0 saturated heterocycles. The highest BCUT2D eigenvalue weighted by Gasteiger charge is 2.40. The van der Waals surface area contributed by atoms with E-state index in [2.05, 4.69) is 15.3 Å². The van der Waals surface area contributed by atoms with Gasteiger partial charge in [-0.05, 0) is 50.1 Å². The van der Waals surface area contributed by atoms with Gasteiger partial charge in [-0.3, -0.25) is 9.79 Å². The number of aryl methyl sites for hydroxylation is 1. The first-order valence-electron chi connectivity index (χ1n) is 12.2. The Balaban J connectivity index is 0.00000116. The zero-order chi connectivity index (χ0) is 29.8. The molecule has 0 saturated carbocycles. The molecule has 2 aromatic carbocycles. The molecule has 1 aliphatic rings. The highest BCUT2D eigenvalue weighted by molar-refractivity contribution is 5.90. The molecule has 1 aliphatic heterocycles. The number of hydrogen-bond donors (Lipinski definition) is 1. The number of carbonyl (C=O) groups is 1. The van der Waals surface area contributed by atoms with Crippen molar-refractivity contribution in [1.82, 2.24) is 5.32 Å². The number of hydrogen-bond acceptors (Lipinski definition) is 4. The predicted molar refractivity (Wildman–Crippen MR) is 141 cm³/mol. The van der Waals surface area contributed by atoms with Crippen molar-refractivity contribution >= 4 is 24.3 Å². The van der Waals surface area contributed by atoms with E-state index in [4.69, 9.17) is 0 Å². The van der Waals surface area contributed by atoms with Gasteiger partial charge in [-0.1, -0.05) is 38.1 Å². The first-order chi connectivity index (χ1) is 18.3. The lowest BCUT2D eigenvalue weighted by Gasteiger charge is -2.19. The fraction of sp³-hybridized carbons (Fsp3) is 0.393. The van der Waals surface area contributed by atoms with E-state index in [1.165, 1.54) is 33.1 Å². The maximum atomic E-state index is 14.9. The number of aldehydes is 1. The minimum atomic E-state index is -4.91. The maximum absolute atomic E-state index is 14.9. The van der Waals surface area contributed by atoms with E-state index in [0.29, 0.717) is 31.4 Å². The summed E-state index contributed by atoms with van der Waals surface area (Å²) in [7, 11) is 0. The summed E-state index contributed by atoms with van der Waals surface area (Å²) >= 11 is 0. The van der Waals surface area contributed by atoms with E-state index in [1.807, 2.05) is 13.8 Å². The Morgan fingerprint density at radius 2 is 1.72 bits per heavy atom. The summed E-state index contributed by atoms with van der Waals surface area (Å²) < 4.78 is 95.4. The molecule has 0 aliphatic carbocycles. The summed E-state index contributed by atoms with van der Waals surface area (Å²) in [6.45, 7) is 8.77. The van der Waals surface area contributed by atoms with Gasteiger partial charge in [0.25, 0.3) is 0 Å². The fourth-order valence-corrected chi connectivity index (χ4v) is 3.17. The molecule has 2 unspecified atom stereocenters. The van der Waals surface area contributed by atoms with Gasteiger partial charge in [0.05, 0.1) is 6.17 Å². The van der Waals surface area contributed by atoms with Crippen molar-refractivity contribution in [1.29, 1.82) is 0 Å². The number of nitrogens with one attached hydrogen (secondary N) is 1. The quantitative estimate of drug-likeness (QED) is 0.220. The smallest absolute Gasteiger partial charge is 0.321 e. The van der Waals surface area contributed by atoms with Gasteiger partial charge in [-0.15, -0.1) is 0 Å². The van der Waals surface area contributed by atoms with Gasteiger partial charge < -0.3 is 5.32 Å². The lowest BCUT2D eigenvalue weighted by molar-refractivity contribution is -0.139. The van der Waals surface area contributed by atoms with Gasteiger partial charge in [-0.2, -0.15) is 13.2 Å². The Kier molecular flexibility index (Phi) is 13.6. The summed E-state index contributed by atoms with van der Waals surface area (Å²) in [6, 6.07) is 6.02. The van der Waals surface area contributed by atoms with E-state index in [1.54, 1.807) is 0 Å². The number of guanidine groups is 1. The van der Waals surface area contributed by atoms with Gasteiger partial charge in [0.2, 0.25) is 5.96 Å². The number of aliphatic imine (C=N–C) groups is 2. The van der Waals surface area contributed by atoms with Crippen molar-refractivity contribution in [3.8, 4) is 0 Å². The summed E-state index contributed by atoms with van der Waals surface area (Å²) in [6.07, 6.45) is -4.86. The Morgan fingerprint density at radius 1 is 1.08 bits per heavy atom. The predicted octanol–water partition coefficient (Wildman–Crippen LogP) is 8.38. The van der Waals surface area contributed by atoms with E-state index >= 15 is 0 Å². The van der Waals surface area contributed by atoms with Crippen LogP contribution in [0.25, 0.3) is 5.83 Å². The number of halogens is 7.